The number of rotatable bonds is 5. The number of aromatic nitrogens is 1. The lowest BCUT2D eigenvalue weighted by molar-refractivity contribution is 0.260. The van der Waals surface area contributed by atoms with Crippen molar-refractivity contribution in [2.45, 2.75) is 18.5 Å². The van der Waals surface area contributed by atoms with Crippen molar-refractivity contribution in [1.82, 2.24) is 14.4 Å². The minimum atomic E-state index is 0.486. The Kier molecular flexibility index (Phi) is 4.94. The second-order valence-electron chi connectivity index (χ2n) is 7.90. The van der Waals surface area contributed by atoms with Crippen molar-refractivity contribution in [3.8, 4) is 5.75 Å². The van der Waals surface area contributed by atoms with Crippen LogP contribution in [0.5, 0.6) is 5.75 Å². The predicted molar refractivity (Wildman–Crippen MR) is 111 cm³/mol. The molecular weight excluding hydrogens is 334 g/mol. The quantitative estimate of drug-likeness (QED) is 0.689. The molecule has 1 saturated heterocycles. The van der Waals surface area contributed by atoms with Crippen molar-refractivity contribution in [3.63, 3.8) is 0 Å². The van der Waals surface area contributed by atoms with Crippen molar-refractivity contribution in [3.05, 3.63) is 65.9 Å². The number of hydrogen-bond acceptors (Lipinski definition) is 3. The standard InChI is InChI=1S/C23H29N3O/c1-24(2)23-16-26(13-17-8-6-5-7-9-17)15-21(23)20-14-25(3)22-11-10-18(27-4)12-19(20)22/h5-12,14,21,23H,13,15-16H2,1-4H3/t21-,23+/m0/s1. The zero-order valence-electron chi connectivity index (χ0n) is 16.7. The van der Waals surface area contributed by atoms with E-state index < -0.39 is 0 Å². The van der Waals surface area contributed by atoms with Crippen LogP contribution in [0, 0.1) is 0 Å². The molecule has 1 aliphatic heterocycles. The molecule has 0 bridgehead atoms. The van der Waals surface area contributed by atoms with Crippen LogP contribution >= 0.6 is 0 Å². The van der Waals surface area contributed by atoms with Crippen LogP contribution < -0.4 is 4.74 Å². The second kappa shape index (κ2) is 7.37. The number of methoxy groups -OCH3 is 1. The first-order valence-electron chi connectivity index (χ1n) is 9.62. The number of benzene rings is 2. The van der Waals surface area contributed by atoms with Gasteiger partial charge in [0.2, 0.25) is 0 Å². The topological polar surface area (TPSA) is 20.6 Å². The number of likely N-dealkylation sites (tertiary alicyclic amines) is 1. The fraction of sp³-hybridized carbons (Fsp3) is 0.391. The summed E-state index contributed by atoms with van der Waals surface area (Å²) in [5.74, 6) is 1.41. The number of likely N-dealkylation sites (N-methyl/N-ethyl adjacent to an activating group) is 1. The maximum Gasteiger partial charge on any atom is 0.119 e. The molecule has 2 heterocycles. The molecule has 4 nitrogen and oxygen atoms in total. The van der Waals surface area contributed by atoms with Gasteiger partial charge in [-0.3, -0.25) is 4.90 Å². The van der Waals surface area contributed by atoms with Gasteiger partial charge in [-0.25, -0.2) is 0 Å². The van der Waals surface area contributed by atoms with Crippen LogP contribution in [0.4, 0.5) is 0 Å². The van der Waals surface area contributed by atoms with Crippen LogP contribution in [0.15, 0.2) is 54.7 Å². The average Bonchev–Trinajstić information content (AvgIpc) is 3.23. The Labute approximate surface area is 162 Å². The summed E-state index contributed by atoms with van der Waals surface area (Å²) in [6.45, 7) is 3.18. The van der Waals surface area contributed by atoms with Gasteiger partial charge in [-0.05, 0) is 43.4 Å². The zero-order valence-corrected chi connectivity index (χ0v) is 16.7. The van der Waals surface area contributed by atoms with Crippen molar-refractivity contribution < 1.29 is 4.74 Å². The maximum absolute atomic E-state index is 5.49. The fourth-order valence-corrected chi connectivity index (χ4v) is 4.49. The van der Waals surface area contributed by atoms with E-state index >= 15 is 0 Å². The lowest BCUT2D eigenvalue weighted by atomic mass is 9.93. The fourth-order valence-electron chi connectivity index (χ4n) is 4.49. The molecule has 0 unspecified atom stereocenters. The smallest absolute Gasteiger partial charge is 0.119 e. The van der Waals surface area contributed by atoms with Crippen molar-refractivity contribution >= 4 is 10.9 Å². The van der Waals surface area contributed by atoms with Gasteiger partial charge in [-0.2, -0.15) is 0 Å². The Morgan fingerprint density at radius 1 is 1.07 bits per heavy atom. The van der Waals surface area contributed by atoms with Gasteiger partial charge in [-0.15, -0.1) is 0 Å². The van der Waals surface area contributed by atoms with Gasteiger partial charge in [0.05, 0.1) is 7.11 Å². The van der Waals surface area contributed by atoms with Crippen LogP contribution in [0.3, 0.4) is 0 Å². The van der Waals surface area contributed by atoms with Crippen LogP contribution in [-0.4, -0.2) is 54.7 Å². The molecule has 27 heavy (non-hydrogen) atoms. The van der Waals surface area contributed by atoms with E-state index in [1.165, 1.54) is 22.0 Å². The van der Waals surface area contributed by atoms with Gasteiger partial charge in [0.15, 0.2) is 0 Å². The largest absolute Gasteiger partial charge is 0.497 e. The lowest BCUT2D eigenvalue weighted by Gasteiger charge is -2.25. The molecule has 2 atom stereocenters. The molecule has 142 valence electrons. The summed E-state index contributed by atoms with van der Waals surface area (Å²) in [6.07, 6.45) is 2.32. The Morgan fingerprint density at radius 2 is 1.85 bits per heavy atom. The minimum Gasteiger partial charge on any atom is -0.497 e. The average molecular weight is 364 g/mol. The second-order valence-corrected chi connectivity index (χ2v) is 7.90. The Bertz CT molecular complexity index is 916. The van der Waals surface area contributed by atoms with Gasteiger partial charge in [0.25, 0.3) is 0 Å². The van der Waals surface area contributed by atoms with Gasteiger partial charge < -0.3 is 14.2 Å². The SMILES string of the molecule is COc1ccc2c(c1)c([C@@H]1CN(Cc3ccccc3)C[C@H]1N(C)C)cn2C. The highest BCUT2D eigenvalue weighted by Crippen LogP contribution is 2.37. The molecule has 1 fully saturated rings. The molecule has 0 spiro atoms. The van der Waals surface area contributed by atoms with E-state index in [1.807, 2.05) is 6.07 Å². The van der Waals surface area contributed by atoms with Crippen molar-refractivity contribution in [1.29, 1.82) is 0 Å². The highest BCUT2D eigenvalue weighted by molar-refractivity contribution is 5.86. The molecule has 1 aliphatic rings. The molecule has 0 aliphatic carbocycles. The Hall–Kier alpha value is -2.30. The van der Waals surface area contributed by atoms with Crippen LogP contribution in [0.2, 0.25) is 0 Å². The summed E-state index contributed by atoms with van der Waals surface area (Å²) in [5.41, 5.74) is 4.08. The normalized spacial score (nSPS) is 20.6. The minimum absolute atomic E-state index is 0.486. The summed E-state index contributed by atoms with van der Waals surface area (Å²) in [7, 11) is 8.29. The van der Waals surface area contributed by atoms with E-state index in [4.69, 9.17) is 4.74 Å². The third-order valence-electron chi connectivity index (χ3n) is 5.90. The molecule has 0 N–H and O–H groups in total. The summed E-state index contributed by atoms with van der Waals surface area (Å²) < 4.78 is 7.74. The number of nitrogens with zero attached hydrogens (tertiary/aromatic N) is 3. The third kappa shape index (κ3) is 3.47. The summed E-state index contributed by atoms with van der Waals surface area (Å²) in [4.78, 5) is 4.97. The van der Waals surface area contributed by atoms with E-state index in [-0.39, 0.29) is 0 Å². The monoisotopic (exact) mass is 363 g/mol. The number of hydrogen-bond donors (Lipinski definition) is 0. The molecule has 2 aromatic carbocycles. The maximum atomic E-state index is 5.49. The van der Waals surface area contributed by atoms with E-state index in [0.717, 1.165) is 25.4 Å². The first kappa shape index (κ1) is 18.1. The van der Waals surface area contributed by atoms with Crippen LogP contribution in [0.1, 0.15) is 17.0 Å². The van der Waals surface area contributed by atoms with E-state index in [2.05, 4.69) is 84.2 Å². The van der Waals surface area contributed by atoms with Gasteiger partial charge in [0.1, 0.15) is 5.75 Å². The molecule has 4 heteroatoms. The third-order valence-corrected chi connectivity index (χ3v) is 5.90. The molecule has 0 amide bonds. The predicted octanol–water partition coefficient (Wildman–Crippen LogP) is 3.72. The first-order chi connectivity index (χ1) is 13.1. The highest BCUT2D eigenvalue weighted by atomic mass is 16.5. The summed E-state index contributed by atoms with van der Waals surface area (Å²) in [6, 6.07) is 17.7. The van der Waals surface area contributed by atoms with E-state index in [1.54, 1.807) is 7.11 Å². The van der Waals surface area contributed by atoms with Gasteiger partial charge in [0, 0.05) is 55.7 Å². The number of ether oxygens (including phenoxy) is 1. The number of fused-ring (bicyclic) bond motifs is 1. The van der Waals surface area contributed by atoms with Crippen LogP contribution in [-0.2, 0) is 13.6 Å². The van der Waals surface area contributed by atoms with E-state index in [9.17, 15) is 0 Å². The molecule has 0 radical (unpaired) electrons. The molecule has 1 aromatic heterocycles. The molecule has 0 saturated carbocycles. The lowest BCUT2D eigenvalue weighted by Crippen LogP contribution is -2.34. The first-order valence-corrected chi connectivity index (χ1v) is 9.62. The Balaban J connectivity index is 1.68. The van der Waals surface area contributed by atoms with Gasteiger partial charge in [-0.1, -0.05) is 30.3 Å². The van der Waals surface area contributed by atoms with Crippen LogP contribution in [0.25, 0.3) is 10.9 Å². The summed E-state index contributed by atoms with van der Waals surface area (Å²) >= 11 is 0. The zero-order chi connectivity index (χ0) is 19.0. The highest BCUT2D eigenvalue weighted by Gasteiger charge is 2.36. The molecule has 4 rings (SSSR count). The van der Waals surface area contributed by atoms with Crippen molar-refractivity contribution in [2.75, 3.05) is 34.3 Å². The van der Waals surface area contributed by atoms with Gasteiger partial charge >= 0.3 is 0 Å². The molecule has 3 aromatic rings. The van der Waals surface area contributed by atoms with E-state index in [0.29, 0.717) is 12.0 Å². The molecular formula is C23H29N3O. The van der Waals surface area contributed by atoms with Crippen molar-refractivity contribution in [2.24, 2.45) is 7.05 Å². The number of aryl methyl sites for hydroxylation is 1. The summed E-state index contributed by atoms with van der Waals surface area (Å²) in [5, 5.41) is 1.32. The Morgan fingerprint density at radius 3 is 2.56 bits per heavy atom.